The Labute approximate surface area is 104 Å². The van der Waals surface area contributed by atoms with Gasteiger partial charge in [-0.3, -0.25) is 0 Å². The molecule has 1 aliphatic carbocycles. The van der Waals surface area contributed by atoms with Gasteiger partial charge in [-0.25, -0.2) is 4.68 Å². The Morgan fingerprint density at radius 2 is 2.18 bits per heavy atom. The second-order valence-corrected chi connectivity index (χ2v) is 5.16. The molecule has 1 aromatic heterocycles. The average Bonchev–Trinajstić information content (AvgIpc) is 2.87. The molecule has 0 aliphatic heterocycles. The minimum atomic E-state index is 0.0346. The van der Waals surface area contributed by atoms with E-state index in [0.717, 1.165) is 18.0 Å². The fraction of sp³-hybridized carbons (Fsp3) is 0.846. The van der Waals surface area contributed by atoms with E-state index in [-0.39, 0.29) is 6.04 Å². The van der Waals surface area contributed by atoms with E-state index in [2.05, 4.69) is 35.0 Å². The number of hydrogen-bond donors (Lipinski definition) is 1. The molecule has 0 saturated heterocycles. The van der Waals surface area contributed by atoms with Gasteiger partial charge in [0.2, 0.25) is 0 Å². The highest BCUT2D eigenvalue weighted by molar-refractivity contribution is 5.00. The molecule has 1 fully saturated rings. The van der Waals surface area contributed by atoms with E-state index in [1.807, 2.05) is 0 Å². The molecular weight excluding hydrogens is 212 g/mol. The van der Waals surface area contributed by atoms with E-state index in [9.17, 15) is 0 Å². The largest absolute Gasteiger partial charge is 0.323 e. The maximum Gasteiger partial charge on any atom is 0.0994 e. The van der Waals surface area contributed by atoms with Gasteiger partial charge in [-0.1, -0.05) is 38.3 Å². The summed E-state index contributed by atoms with van der Waals surface area (Å²) in [6.07, 6.45) is 9.47. The normalized spacial score (nSPS) is 27.0. The summed E-state index contributed by atoms with van der Waals surface area (Å²) >= 11 is 0. The van der Waals surface area contributed by atoms with Crippen LogP contribution in [0.15, 0.2) is 6.20 Å². The molecule has 1 aliphatic rings. The molecule has 4 nitrogen and oxygen atoms in total. The molecule has 17 heavy (non-hydrogen) atoms. The zero-order valence-electron chi connectivity index (χ0n) is 11.0. The summed E-state index contributed by atoms with van der Waals surface area (Å²) in [4.78, 5) is 0. The highest BCUT2D eigenvalue weighted by atomic mass is 15.4. The van der Waals surface area contributed by atoms with Gasteiger partial charge in [0.15, 0.2) is 0 Å². The van der Waals surface area contributed by atoms with E-state index in [1.54, 1.807) is 0 Å². The zero-order valence-corrected chi connectivity index (χ0v) is 11.0. The standard InChI is InChI=1S/C13H24N4/c1-3-10-7-5-6-8-13(10)17-9-12(15-16-17)11(14)4-2/h9-11,13H,3-8,14H2,1-2H3. The van der Waals surface area contributed by atoms with Crippen molar-refractivity contribution in [2.45, 2.75) is 64.5 Å². The van der Waals surface area contributed by atoms with E-state index >= 15 is 0 Å². The Balaban J connectivity index is 2.12. The van der Waals surface area contributed by atoms with Crippen molar-refractivity contribution >= 4 is 0 Å². The van der Waals surface area contributed by atoms with Crippen LogP contribution < -0.4 is 5.73 Å². The summed E-state index contributed by atoms with van der Waals surface area (Å²) in [7, 11) is 0. The molecule has 4 heteroatoms. The fourth-order valence-electron chi connectivity index (χ4n) is 2.84. The average molecular weight is 236 g/mol. The smallest absolute Gasteiger partial charge is 0.0994 e. The van der Waals surface area contributed by atoms with E-state index in [4.69, 9.17) is 5.73 Å². The molecule has 0 amide bonds. The summed E-state index contributed by atoms with van der Waals surface area (Å²) in [5, 5.41) is 8.51. The number of nitrogens with zero attached hydrogens (tertiary/aromatic N) is 3. The Morgan fingerprint density at radius 3 is 2.88 bits per heavy atom. The second kappa shape index (κ2) is 5.63. The summed E-state index contributed by atoms with van der Waals surface area (Å²) in [5.41, 5.74) is 6.93. The van der Waals surface area contributed by atoms with Gasteiger partial charge in [0, 0.05) is 0 Å². The number of hydrogen-bond acceptors (Lipinski definition) is 3. The van der Waals surface area contributed by atoms with Crippen molar-refractivity contribution in [3.8, 4) is 0 Å². The molecule has 3 atom stereocenters. The molecule has 1 saturated carbocycles. The highest BCUT2D eigenvalue weighted by Crippen LogP contribution is 2.35. The molecule has 96 valence electrons. The lowest BCUT2D eigenvalue weighted by atomic mass is 9.83. The molecule has 0 aromatic carbocycles. The molecule has 2 rings (SSSR count). The lowest BCUT2D eigenvalue weighted by molar-refractivity contribution is 0.214. The monoisotopic (exact) mass is 236 g/mol. The van der Waals surface area contributed by atoms with E-state index in [1.165, 1.54) is 32.1 Å². The minimum Gasteiger partial charge on any atom is -0.323 e. The third-order valence-electron chi connectivity index (χ3n) is 4.08. The highest BCUT2D eigenvalue weighted by Gasteiger charge is 2.26. The lowest BCUT2D eigenvalue weighted by Gasteiger charge is -2.30. The van der Waals surface area contributed by atoms with Crippen LogP contribution in [0.3, 0.4) is 0 Å². The second-order valence-electron chi connectivity index (χ2n) is 5.16. The predicted molar refractivity (Wildman–Crippen MR) is 68.5 cm³/mol. The van der Waals surface area contributed by atoms with Gasteiger partial charge in [-0.05, 0) is 25.2 Å². The Morgan fingerprint density at radius 1 is 1.41 bits per heavy atom. The maximum absolute atomic E-state index is 5.99. The SMILES string of the molecule is CCC(N)c1cn(C2CCCCC2CC)nn1. The van der Waals surface area contributed by atoms with Crippen molar-refractivity contribution in [1.82, 2.24) is 15.0 Å². The first-order valence-corrected chi connectivity index (χ1v) is 6.93. The Bertz CT molecular complexity index is 347. The van der Waals surface area contributed by atoms with Crippen molar-refractivity contribution in [2.24, 2.45) is 11.7 Å². The van der Waals surface area contributed by atoms with Gasteiger partial charge in [0.25, 0.3) is 0 Å². The molecule has 1 heterocycles. The molecule has 0 radical (unpaired) electrons. The van der Waals surface area contributed by atoms with Gasteiger partial charge in [-0.2, -0.15) is 0 Å². The van der Waals surface area contributed by atoms with Crippen molar-refractivity contribution in [3.05, 3.63) is 11.9 Å². The van der Waals surface area contributed by atoms with Gasteiger partial charge in [0.05, 0.1) is 24.0 Å². The number of rotatable bonds is 4. The van der Waals surface area contributed by atoms with Gasteiger partial charge < -0.3 is 5.73 Å². The Hall–Kier alpha value is -0.900. The van der Waals surface area contributed by atoms with Crippen LogP contribution >= 0.6 is 0 Å². The summed E-state index contributed by atoms with van der Waals surface area (Å²) in [6, 6.07) is 0.575. The van der Waals surface area contributed by atoms with Crippen molar-refractivity contribution in [1.29, 1.82) is 0 Å². The fourth-order valence-corrected chi connectivity index (χ4v) is 2.84. The molecule has 0 spiro atoms. The van der Waals surface area contributed by atoms with Gasteiger partial charge in [-0.15, -0.1) is 5.10 Å². The van der Waals surface area contributed by atoms with Gasteiger partial charge >= 0.3 is 0 Å². The van der Waals surface area contributed by atoms with Crippen LogP contribution in [0.5, 0.6) is 0 Å². The van der Waals surface area contributed by atoms with Crippen LogP contribution in [0, 0.1) is 5.92 Å². The maximum atomic E-state index is 5.99. The zero-order chi connectivity index (χ0) is 12.3. The molecular formula is C13H24N4. The third-order valence-corrected chi connectivity index (χ3v) is 4.08. The first-order chi connectivity index (χ1) is 8.26. The molecule has 0 bridgehead atoms. The van der Waals surface area contributed by atoms with Crippen molar-refractivity contribution in [3.63, 3.8) is 0 Å². The van der Waals surface area contributed by atoms with E-state index in [0.29, 0.717) is 6.04 Å². The third kappa shape index (κ3) is 2.68. The first kappa shape index (κ1) is 12.6. The Kier molecular flexibility index (Phi) is 4.15. The van der Waals surface area contributed by atoms with Crippen LogP contribution in [-0.4, -0.2) is 15.0 Å². The lowest BCUT2D eigenvalue weighted by Crippen LogP contribution is -2.23. The van der Waals surface area contributed by atoms with Crippen LogP contribution in [0.1, 0.15) is 70.2 Å². The summed E-state index contributed by atoms with van der Waals surface area (Å²) in [6.45, 7) is 4.36. The van der Waals surface area contributed by atoms with Crippen LogP contribution in [-0.2, 0) is 0 Å². The first-order valence-electron chi connectivity index (χ1n) is 6.93. The molecule has 3 unspecified atom stereocenters. The number of aromatic nitrogens is 3. The topological polar surface area (TPSA) is 56.7 Å². The predicted octanol–water partition coefficient (Wildman–Crippen LogP) is 2.83. The molecule has 2 N–H and O–H groups in total. The summed E-state index contributed by atoms with van der Waals surface area (Å²) in [5.74, 6) is 0.760. The van der Waals surface area contributed by atoms with Gasteiger partial charge in [0.1, 0.15) is 0 Å². The molecule has 1 aromatic rings. The quantitative estimate of drug-likeness (QED) is 0.874. The van der Waals surface area contributed by atoms with Crippen LogP contribution in [0.2, 0.25) is 0 Å². The van der Waals surface area contributed by atoms with Crippen LogP contribution in [0.4, 0.5) is 0 Å². The van der Waals surface area contributed by atoms with Crippen molar-refractivity contribution in [2.75, 3.05) is 0 Å². The van der Waals surface area contributed by atoms with E-state index < -0.39 is 0 Å². The van der Waals surface area contributed by atoms with Crippen molar-refractivity contribution < 1.29 is 0 Å². The van der Waals surface area contributed by atoms with Crippen LogP contribution in [0.25, 0.3) is 0 Å². The minimum absolute atomic E-state index is 0.0346. The summed E-state index contributed by atoms with van der Waals surface area (Å²) < 4.78 is 2.07. The number of nitrogens with two attached hydrogens (primary N) is 1.